The summed E-state index contributed by atoms with van der Waals surface area (Å²) < 4.78 is 11.2. The average Bonchev–Trinajstić information content (AvgIpc) is 2.62. The summed E-state index contributed by atoms with van der Waals surface area (Å²) in [5.74, 6) is 1.86. The summed E-state index contributed by atoms with van der Waals surface area (Å²) in [4.78, 5) is 8.45. The van der Waals surface area contributed by atoms with E-state index in [2.05, 4.69) is 9.97 Å². The van der Waals surface area contributed by atoms with Gasteiger partial charge >= 0.3 is 0 Å². The van der Waals surface area contributed by atoms with E-state index in [4.69, 9.17) is 20.9 Å². The Morgan fingerprint density at radius 2 is 1.52 bits per heavy atom. The second kappa shape index (κ2) is 5.86. The van der Waals surface area contributed by atoms with Crippen molar-refractivity contribution in [2.75, 3.05) is 24.7 Å². The van der Waals surface area contributed by atoms with E-state index < -0.39 is 0 Å². The van der Waals surface area contributed by atoms with Gasteiger partial charge in [0.15, 0.2) is 11.5 Å². The number of phenols is 1. The quantitative estimate of drug-likeness (QED) is 0.658. The third kappa shape index (κ3) is 2.76. The third-order valence-corrected chi connectivity index (χ3v) is 3.93. The van der Waals surface area contributed by atoms with Crippen LogP contribution in [0.25, 0.3) is 22.4 Å². The summed E-state index contributed by atoms with van der Waals surface area (Å²) in [5, 5.41) is 9.52. The minimum atomic E-state index is 0.0879. The van der Waals surface area contributed by atoms with Crippen LogP contribution in [-0.2, 0) is 0 Å². The van der Waals surface area contributed by atoms with Crippen LogP contribution in [-0.4, -0.2) is 28.3 Å². The summed E-state index contributed by atoms with van der Waals surface area (Å²) in [6, 6.07) is 12.2. The molecule has 0 fully saturated rings. The summed E-state index contributed by atoms with van der Waals surface area (Å²) in [6.07, 6.45) is 0. The van der Waals surface area contributed by atoms with Crippen LogP contribution < -0.4 is 20.9 Å². The van der Waals surface area contributed by atoms with Gasteiger partial charge in [-0.25, -0.2) is 4.98 Å². The van der Waals surface area contributed by atoms with Crippen molar-refractivity contribution in [1.82, 2.24) is 9.97 Å². The zero-order chi connectivity index (χ0) is 17.4. The van der Waals surface area contributed by atoms with Gasteiger partial charge in [-0.3, -0.25) is 0 Å². The first-order valence-corrected chi connectivity index (χ1v) is 7.74. The van der Waals surface area contributed by atoms with Crippen LogP contribution >= 0.6 is 0 Å². The number of nitrogen functional groups attached to an aromatic ring is 2. The lowest BCUT2D eigenvalue weighted by molar-refractivity contribution is 0.171. The lowest BCUT2D eigenvalue weighted by Crippen LogP contribution is -2.15. The number of hydrogen-bond acceptors (Lipinski definition) is 7. The molecule has 3 aromatic rings. The first-order chi connectivity index (χ1) is 12.1. The maximum absolute atomic E-state index is 9.52. The molecule has 4 rings (SSSR count). The summed E-state index contributed by atoms with van der Waals surface area (Å²) in [7, 11) is 0. The van der Waals surface area contributed by atoms with E-state index in [0.717, 1.165) is 11.1 Å². The van der Waals surface area contributed by atoms with Crippen molar-refractivity contribution in [3.05, 3.63) is 42.5 Å². The second-order valence-electron chi connectivity index (χ2n) is 5.60. The van der Waals surface area contributed by atoms with Gasteiger partial charge in [-0.1, -0.05) is 12.1 Å². The molecule has 0 amide bonds. The highest BCUT2D eigenvalue weighted by molar-refractivity contribution is 5.88. The van der Waals surface area contributed by atoms with E-state index >= 15 is 0 Å². The molecule has 0 saturated carbocycles. The van der Waals surface area contributed by atoms with Crippen LogP contribution in [0.15, 0.2) is 42.5 Å². The van der Waals surface area contributed by atoms with Gasteiger partial charge in [-0.2, -0.15) is 4.98 Å². The zero-order valence-corrected chi connectivity index (χ0v) is 13.3. The third-order valence-electron chi connectivity index (χ3n) is 3.93. The molecule has 0 bridgehead atoms. The molecule has 0 unspecified atom stereocenters. The summed E-state index contributed by atoms with van der Waals surface area (Å²) >= 11 is 0. The van der Waals surface area contributed by atoms with Crippen molar-refractivity contribution in [3.63, 3.8) is 0 Å². The minimum absolute atomic E-state index is 0.0879. The minimum Gasteiger partial charge on any atom is -0.508 e. The number of nitrogens with two attached hydrogens (primary N) is 2. The second-order valence-corrected chi connectivity index (χ2v) is 5.60. The standard InChI is InChI=1S/C18H16N4O3/c19-17-15(10-1-4-12(23)5-2-10)16(21-18(20)22-17)11-3-6-13-14(9-11)25-8-7-24-13/h1-6,9,23H,7-8H2,(H4,19,20,21,22). The Kier molecular flexibility index (Phi) is 3.53. The van der Waals surface area contributed by atoms with Crippen LogP contribution in [0.5, 0.6) is 17.2 Å². The molecule has 0 saturated heterocycles. The van der Waals surface area contributed by atoms with E-state index in [1.165, 1.54) is 0 Å². The fourth-order valence-electron chi connectivity index (χ4n) is 2.81. The number of rotatable bonds is 2. The van der Waals surface area contributed by atoms with Crippen molar-refractivity contribution >= 4 is 11.8 Å². The highest BCUT2D eigenvalue weighted by Gasteiger charge is 2.18. The molecule has 0 aliphatic carbocycles. The van der Waals surface area contributed by atoms with Gasteiger partial charge in [0.2, 0.25) is 5.95 Å². The molecule has 1 aliphatic rings. The molecule has 1 aromatic heterocycles. The van der Waals surface area contributed by atoms with Crippen LogP contribution in [0.1, 0.15) is 0 Å². The lowest BCUT2D eigenvalue weighted by atomic mass is 9.99. The maximum Gasteiger partial charge on any atom is 0.222 e. The van der Waals surface area contributed by atoms with Crippen molar-refractivity contribution in [2.45, 2.75) is 0 Å². The molecule has 126 valence electrons. The highest BCUT2D eigenvalue weighted by Crippen LogP contribution is 2.39. The van der Waals surface area contributed by atoms with Gasteiger partial charge < -0.3 is 26.0 Å². The van der Waals surface area contributed by atoms with Gasteiger partial charge in [0.05, 0.1) is 11.3 Å². The molecule has 2 aromatic carbocycles. The van der Waals surface area contributed by atoms with Crippen LogP contribution in [0.3, 0.4) is 0 Å². The Balaban J connectivity index is 1.90. The molecule has 5 N–H and O–H groups in total. The smallest absolute Gasteiger partial charge is 0.222 e. The number of ether oxygens (including phenoxy) is 2. The van der Waals surface area contributed by atoms with Gasteiger partial charge in [0.1, 0.15) is 24.8 Å². The van der Waals surface area contributed by atoms with Gasteiger partial charge in [0, 0.05) is 5.56 Å². The molecule has 1 aliphatic heterocycles. The van der Waals surface area contributed by atoms with E-state index in [9.17, 15) is 5.11 Å². The van der Waals surface area contributed by atoms with E-state index in [1.807, 2.05) is 18.2 Å². The number of fused-ring (bicyclic) bond motifs is 1. The number of phenolic OH excluding ortho intramolecular Hbond substituents is 1. The Hall–Kier alpha value is -3.48. The molecule has 0 spiro atoms. The van der Waals surface area contributed by atoms with E-state index in [-0.39, 0.29) is 17.5 Å². The van der Waals surface area contributed by atoms with Crippen molar-refractivity contribution < 1.29 is 14.6 Å². The van der Waals surface area contributed by atoms with Crippen LogP contribution in [0.2, 0.25) is 0 Å². The summed E-state index contributed by atoms with van der Waals surface area (Å²) in [5.41, 5.74) is 14.7. The highest BCUT2D eigenvalue weighted by atomic mass is 16.6. The normalized spacial score (nSPS) is 12.8. The monoisotopic (exact) mass is 336 g/mol. The first-order valence-electron chi connectivity index (χ1n) is 7.74. The Morgan fingerprint density at radius 3 is 2.28 bits per heavy atom. The largest absolute Gasteiger partial charge is 0.508 e. The van der Waals surface area contributed by atoms with Gasteiger partial charge in [-0.15, -0.1) is 0 Å². The predicted octanol–water partition coefficient (Wildman–Crippen LogP) is 2.45. The number of hydrogen-bond donors (Lipinski definition) is 3. The molecule has 7 heteroatoms. The van der Waals surface area contributed by atoms with Crippen molar-refractivity contribution in [3.8, 4) is 39.6 Å². The van der Waals surface area contributed by atoms with Gasteiger partial charge in [0.25, 0.3) is 0 Å². The summed E-state index contributed by atoms with van der Waals surface area (Å²) in [6.45, 7) is 1.02. The maximum atomic E-state index is 9.52. The number of benzene rings is 2. The molecular formula is C18H16N4O3. The number of anilines is 2. The average molecular weight is 336 g/mol. The zero-order valence-electron chi connectivity index (χ0n) is 13.3. The number of aromatic nitrogens is 2. The number of aromatic hydroxyl groups is 1. The predicted molar refractivity (Wildman–Crippen MR) is 94.4 cm³/mol. The van der Waals surface area contributed by atoms with Crippen molar-refractivity contribution in [2.24, 2.45) is 0 Å². The molecule has 2 heterocycles. The van der Waals surface area contributed by atoms with Gasteiger partial charge in [-0.05, 0) is 35.9 Å². The Bertz CT molecular complexity index is 942. The Labute approximate surface area is 143 Å². The fraction of sp³-hybridized carbons (Fsp3) is 0.111. The van der Waals surface area contributed by atoms with E-state index in [0.29, 0.717) is 36.0 Å². The number of nitrogens with zero attached hydrogens (tertiary/aromatic N) is 2. The van der Waals surface area contributed by atoms with Crippen molar-refractivity contribution in [1.29, 1.82) is 0 Å². The topological polar surface area (TPSA) is 117 Å². The molecular weight excluding hydrogens is 320 g/mol. The SMILES string of the molecule is Nc1nc(N)c(-c2ccc(O)cc2)c(-c2ccc3c(c2)OCCO3)n1. The first kappa shape index (κ1) is 15.1. The molecule has 0 radical (unpaired) electrons. The van der Waals surface area contributed by atoms with Crippen LogP contribution in [0, 0.1) is 0 Å². The van der Waals surface area contributed by atoms with E-state index in [1.54, 1.807) is 24.3 Å². The fourth-order valence-corrected chi connectivity index (χ4v) is 2.81. The lowest BCUT2D eigenvalue weighted by Gasteiger charge is -2.19. The molecule has 0 atom stereocenters. The molecule has 7 nitrogen and oxygen atoms in total. The molecule has 25 heavy (non-hydrogen) atoms. The van der Waals surface area contributed by atoms with Crippen LogP contribution in [0.4, 0.5) is 11.8 Å². The Morgan fingerprint density at radius 1 is 0.840 bits per heavy atom.